The number of hydrogen-bond donors (Lipinski definition) is 2. The van der Waals surface area contributed by atoms with E-state index in [0.29, 0.717) is 36.0 Å². The van der Waals surface area contributed by atoms with E-state index >= 15 is 0 Å². The smallest absolute Gasteiger partial charge is 0.261 e. The van der Waals surface area contributed by atoms with E-state index in [9.17, 15) is 4.79 Å². The number of benzene rings is 3. The molecule has 0 heterocycles. The molecule has 33 heavy (non-hydrogen) atoms. The van der Waals surface area contributed by atoms with E-state index in [0.717, 1.165) is 18.4 Å². The van der Waals surface area contributed by atoms with Gasteiger partial charge in [0, 0.05) is 0 Å². The summed E-state index contributed by atoms with van der Waals surface area (Å²) < 4.78 is 11.8. The van der Waals surface area contributed by atoms with E-state index in [1.807, 2.05) is 66.7 Å². The fraction of sp³-hybridized carbons (Fsp3) is 0.259. The Balaban J connectivity index is 1.57. The average molecular weight is 463 g/mol. The summed E-state index contributed by atoms with van der Waals surface area (Å²) in [5, 5.41) is 6.00. The zero-order valence-corrected chi connectivity index (χ0v) is 19.7. The molecule has 0 aliphatic rings. The van der Waals surface area contributed by atoms with E-state index < -0.39 is 0 Å². The highest BCUT2D eigenvalue weighted by Gasteiger charge is 2.14. The Labute approximate surface area is 201 Å². The van der Waals surface area contributed by atoms with Crippen molar-refractivity contribution in [1.82, 2.24) is 5.32 Å². The molecule has 3 aromatic rings. The first kappa shape index (κ1) is 24.3. The maximum atomic E-state index is 12.8. The molecule has 0 saturated heterocycles. The fourth-order valence-electron chi connectivity index (χ4n) is 3.25. The number of unbranched alkanes of at least 4 members (excludes halogenated alkanes) is 3. The van der Waals surface area contributed by atoms with Gasteiger partial charge in [-0.3, -0.25) is 10.1 Å². The first-order valence-electron chi connectivity index (χ1n) is 11.3. The van der Waals surface area contributed by atoms with Gasteiger partial charge in [0.05, 0.1) is 17.9 Å². The first-order valence-corrected chi connectivity index (χ1v) is 11.7. The van der Waals surface area contributed by atoms with Crippen LogP contribution in [0.3, 0.4) is 0 Å². The third-order valence-corrected chi connectivity index (χ3v) is 5.19. The highest BCUT2D eigenvalue weighted by atomic mass is 32.1. The molecular weight excluding hydrogens is 432 g/mol. The lowest BCUT2D eigenvalue weighted by atomic mass is 10.2. The molecule has 0 spiro atoms. The van der Waals surface area contributed by atoms with Crippen molar-refractivity contribution in [3.05, 3.63) is 90.0 Å². The molecule has 0 fully saturated rings. The van der Waals surface area contributed by atoms with Gasteiger partial charge in [-0.2, -0.15) is 0 Å². The number of amides is 1. The molecule has 0 atom stereocenters. The molecule has 172 valence electrons. The largest absolute Gasteiger partial charge is 0.493 e. The molecule has 0 aromatic heterocycles. The van der Waals surface area contributed by atoms with E-state index in [-0.39, 0.29) is 11.0 Å². The number of anilines is 1. The molecule has 0 unspecified atom stereocenters. The Kier molecular flexibility index (Phi) is 9.73. The second kappa shape index (κ2) is 13.2. The monoisotopic (exact) mass is 462 g/mol. The lowest BCUT2D eigenvalue weighted by molar-refractivity contribution is 0.0973. The van der Waals surface area contributed by atoms with Gasteiger partial charge in [0.1, 0.15) is 18.1 Å². The summed E-state index contributed by atoms with van der Waals surface area (Å²) in [6.45, 7) is 3.19. The van der Waals surface area contributed by atoms with Crippen LogP contribution in [0.15, 0.2) is 78.9 Å². The normalized spacial score (nSPS) is 10.3. The van der Waals surface area contributed by atoms with E-state index in [2.05, 4.69) is 17.6 Å². The van der Waals surface area contributed by atoms with Crippen LogP contribution in [0.25, 0.3) is 0 Å². The van der Waals surface area contributed by atoms with Crippen molar-refractivity contribution in [2.24, 2.45) is 0 Å². The van der Waals surface area contributed by atoms with Crippen LogP contribution in [-0.4, -0.2) is 17.6 Å². The third-order valence-electron chi connectivity index (χ3n) is 4.99. The number of rotatable bonds is 11. The maximum Gasteiger partial charge on any atom is 0.261 e. The molecule has 6 heteroatoms. The van der Waals surface area contributed by atoms with Crippen LogP contribution in [0.1, 0.15) is 48.5 Å². The number of hydrogen-bond acceptors (Lipinski definition) is 4. The molecule has 0 radical (unpaired) electrons. The standard InChI is InChI=1S/C27H30N2O3S/c1-2-3-4-12-19-31-24-17-10-8-15-22(24)26(30)29-27(33)28-23-16-9-11-18-25(23)32-20-21-13-6-5-7-14-21/h5-11,13-18H,2-4,12,19-20H2,1H3,(H2,28,29,30,33). The van der Waals surface area contributed by atoms with Crippen LogP contribution in [0, 0.1) is 0 Å². The Hall–Kier alpha value is -3.38. The predicted octanol–water partition coefficient (Wildman–Crippen LogP) is 6.35. The Morgan fingerprint density at radius 3 is 2.30 bits per heavy atom. The first-order chi connectivity index (χ1) is 16.2. The minimum absolute atomic E-state index is 0.188. The van der Waals surface area contributed by atoms with Crippen LogP contribution in [0.2, 0.25) is 0 Å². The van der Waals surface area contributed by atoms with E-state index in [1.54, 1.807) is 12.1 Å². The quantitative estimate of drug-likeness (QED) is 0.257. The highest BCUT2D eigenvalue weighted by molar-refractivity contribution is 7.80. The van der Waals surface area contributed by atoms with Crippen molar-refractivity contribution in [3.8, 4) is 11.5 Å². The number of carbonyl (C=O) groups is 1. The molecule has 2 N–H and O–H groups in total. The van der Waals surface area contributed by atoms with Crippen molar-refractivity contribution >= 4 is 28.9 Å². The second-order valence-corrected chi connectivity index (χ2v) is 7.99. The molecule has 3 rings (SSSR count). The van der Waals surface area contributed by atoms with Gasteiger partial charge in [0.25, 0.3) is 5.91 Å². The molecular formula is C27H30N2O3S. The van der Waals surface area contributed by atoms with Gasteiger partial charge >= 0.3 is 0 Å². The molecule has 0 bridgehead atoms. The molecule has 0 aliphatic heterocycles. The average Bonchev–Trinajstić information content (AvgIpc) is 2.84. The Morgan fingerprint density at radius 2 is 1.52 bits per heavy atom. The van der Waals surface area contributed by atoms with Gasteiger partial charge in [0.2, 0.25) is 0 Å². The third kappa shape index (κ3) is 7.91. The summed E-state index contributed by atoms with van der Waals surface area (Å²) in [6, 6.07) is 24.6. The zero-order chi connectivity index (χ0) is 23.3. The molecule has 5 nitrogen and oxygen atoms in total. The predicted molar refractivity (Wildman–Crippen MR) is 137 cm³/mol. The summed E-state index contributed by atoms with van der Waals surface area (Å²) in [5.74, 6) is 0.883. The van der Waals surface area contributed by atoms with Gasteiger partial charge < -0.3 is 14.8 Å². The van der Waals surface area contributed by atoms with E-state index in [4.69, 9.17) is 21.7 Å². The summed E-state index contributed by atoms with van der Waals surface area (Å²) in [4.78, 5) is 12.8. The molecule has 0 aliphatic carbocycles. The number of para-hydroxylation sites is 3. The van der Waals surface area contributed by atoms with Crippen molar-refractivity contribution in [1.29, 1.82) is 0 Å². The maximum absolute atomic E-state index is 12.8. The van der Waals surface area contributed by atoms with Crippen LogP contribution in [-0.2, 0) is 6.61 Å². The summed E-state index contributed by atoms with van der Waals surface area (Å²) in [5.41, 5.74) is 2.19. The Bertz CT molecular complexity index is 1040. The highest BCUT2D eigenvalue weighted by Crippen LogP contribution is 2.25. The number of nitrogens with one attached hydrogen (secondary N) is 2. The molecule has 3 aromatic carbocycles. The number of carbonyl (C=O) groups excluding carboxylic acids is 1. The van der Waals surface area contributed by atoms with Crippen molar-refractivity contribution in [3.63, 3.8) is 0 Å². The number of ether oxygens (including phenoxy) is 2. The summed E-state index contributed by atoms with van der Waals surface area (Å²) in [6.07, 6.45) is 4.43. The summed E-state index contributed by atoms with van der Waals surface area (Å²) in [7, 11) is 0. The SMILES string of the molecule is CCCCCCOc1ccccc1C(=O)NC(=S)Nc1ccccc1OCc1ccccc1. The van der Waals surface area contributed by atoms with Crippen molar-refractivity contribution < 1.29 is 14.3 Å². The van der Waals surface area contributed by atoms with Crippen LogP contribution < -0.4 is 20.1 Å². The Morgan fingerprint density at radius 1 is 0.818 bits per heavy atom. The summed E-state index contributed by atoms with van der Waals surface area (Å²) >= 11 is 5.39. The van der Waals surface area contributed by atoms with Crippen molar-refractivity contribution in [2.45, 2.75) is 39.2 Å². The molecule has 0 saturated carbocycles. The fourth-order valence-corrected chi connectivity index (χ4v) is 3.45. The van der Waals surface area contributed by atoms with Crippen LogP contribution in [0.4, 0.5) is 5.69 Å². The minimum Gasteiger partial charge on any atom is -0.493 e. The van der Waals surface area contributed by atoms with E-state index in [1.165, 1.54) is 12.8 Å². The zero-order valence-electron chi connectivity index (χ0n) is 18.9. The van der Waals surface area contributed by atoms with Gasteiger partial charge in [-0.25, -0.2) is 0 Å². The van der Waals surface area contributed by atoms with Crippen LogP contribution in [0.5, 0.6) is 11.5 Å². The van der Waals surface area contributed by atoms with Crippen molar-refractivity contribution in [2.75, 3.05) is 11.9 Å². The molecule has 1 amide bonds. The second-order valence-electron chi connectivity index (χ2n) is 7.58. The van der Waals surface area contributed by atoms with Gasteiger partial charge in [-0.15, -0.1) is 0 Å². The minimum atomic E-state index is -0.320. The van der Waals surface area contributed by atoms with Gasteiger partial charge in [-0.05, 0) is 48.5 Å². The topological polar surface area (TPSA) is 59.6 Å². The van der Waals surface area contributed by atoms with Crippen LogP contribution >= 0.6 is 12.2 Å². The van der Waals surface area contributed by atoms with Gasteiger partial charge in [0.15, 0.2) is 5.11 Å². The lowest BCUT2D eigenvalue weighted by Crippen LogP contribution is -2.34. The number of thiocarbonyl (C=S) groups is 1. The van der Waals surface area contributed by atoms with Gasteiger partial charge in [-0.1, -0.05) is 80.8 Å². The lowest BCUT2D eigenvalue weighted by Gasteiger charge is -2.15.